The Bertz CT molecular complexity index is 145. The van der Waals surface area contributed by atoms with Gasteiger partial charge in [0.05, 0.1) is 0 Å². The van der Waals surface area contributed by atoms with Gasteiger partial charge in [0, 0.05) is 0 Å². The lowest BCUT2D eigenvalue weighted by Gasteiger charge is -2.47. The summed E-state index contributed by atoms with van der Waals surface area (Å²) in [6.07, 6.45) is 14.1. The molecule has 3 rings (SSSR count). The molecule has 3 heterocycles. The minimum absolute atomic E-state index is 0. The van der Waals surface area contributed by atoms with Crippen LogP contribution in [-0.4, -0.2) is 6.71 Å². The molecule has 0 N–H and O–H groups in total. The number of rotatable bonds is 0. The van der Waals surface area contributed by atoms with Crippen LogP contribution >= 0.6 is 0 Å². The Kier molecular flexibility index (Phi) is 26.1. The highest BCUT2D eigenvalue weighted by molar-refractivity contribution is 6.64. The van der Waals surface area contributed by atoms with Crippen LogP contribution in [0.15, 0.2) is 0 Å². The van der Waals surface area contributed by atoms with Crippen molar-refractivity contribution in [3.05, 3.63) is 0 Å². The Morgan fingerprint density at radius 2 is 0.636 bits per heavy atom. The molecule has 0 aromatic rings. The van der Waals surface area contributed by atoms with Gasteiger partial charge in [-0.3, -0.25) is 0 Å². The molecular formula is C21H51B. The lowest BCUT2D eigenvalue weighted by Crippen LogP contribution is -2.40. The van der Waals surface area contributed by atoms with Crippen LogP contribution < -0.4 is 0 Å². The van der Waals surface area contributed by atoms with Crippen molar-refractivity contribution in [1.82, 2.24) is 0 Å². The molecular weight excluding hydrogens is 263 g/mol. The molecule has 3 aliphatic rings. The standard InChI is InChI=1S/C12H21B.3C2H6.3CH4/c1-4-10-6-2-8-12-9-3-7-11(5-1)13(10)12;3*1-2;;;/h10-12H,1-9H2;3*1-2H3;3*1H4. The monoisotopic (exact) mass is 314 g/mol. The van der Waals surface area contributed by atoms with Crippen molar-refractivity contribution in [3.63, 3.8) is 0 Å². The van der Waals surface area contributed by atoms with Crippen LogP contribution in [0.4, 0.5) is 0 Å². The molecule has 0 aromatic heterocycles. The number of hydrogen-bond acceptors (Lipinski definition) is 0. The second-order valence-corrected chi connectivity index (χ2v) is 5.65. The first kappa shape index (κ1) is 30.0. The Balaban J connectivity index is -0.000000163. The fraction of sp³-hybridized carbons (Fsp3) is 1.00. The lowest BCUT2D eigenvalue weighted by atomic mass is 9.20. The fourth-order valence-electron chi connectivity index (χ4n) is 4.67. The van der Waals surface area contributed by atoms with E-state index in [2.05, 4.69) is 0 Å². The predicted molar refractivity (Wildman–Crippen MR) is 113 cm³/mol. The van der Waals surface area contributed by atoms with E-state index in [1.165, 1.54) is 6.71 Å². The highest BCUT2D eigenvalue weighted by atomic mass is 14.3. The van der Waals surface area contributed by atoms with Crippen molar-refractivity contribution in [2.45, 2.75) is 139 Å². The van der Waals surface area contributed by atoms with Crippen LogP contribution in [0.1, 0.15) is 122 Å². The molecule has 0 atom stereocenters. The predicted octanol–water partition coefficient (Wildman–Crippen LogP) is 9.13. The first-order valence-electron chi connectivity index (χ1n) is 9.45. The molecule has 0 saturated carbocycles. The van der Waals surface area contributed by atoms with E-state index in [9.17, 15) is 0 Å². The third kappa shape index (κ3) is 8.07. The summed E-state index contributed by atoms with van der Waals surface area (Å²) in [5.41, 5.74) is 0. The van der Waals surface area contributed by atoms with Gasteiger partial charge < -0.3 is 0 Å². The van der Waals surface area contributed by atoms with Crippen LogP contribution in [0.5, 0.6) is 0 Å². The molecule has 0 spiro atoms. The van der Waals surface area contributed by atoms with E-state index in [-0.39, 0.29) is 22.3 Å². The minimum atomic E-state index is 0. The molecule has 3 fully saturated rings. The lowest BCUT2D eigenvalue weighted by molar-refractivity contribution is 0.400. The second-order valence-electron chi connectivity index (χ2n) is 5.65. The maximum atomic E-state index is 2.00. The van der Waals surface area contributed by atoms with Crippen LogP contribution in [0.3, 0.4) is 0 Å². The third-order valence-corrected chi connectivity index (χ3v) is 5.08. The average molecular weight is 314 g/mol. The van der Waals surface area contributed by atoms with Crippen molar-refractivity contribution < 1.29 is 0 Å². The largest absolute Gasteiger partial charge is 0.149 e. The topological polar surface area (TPSA) is 0 Å². The average Bonchev–Trinajstić information content (AvgIpc) is 2.54. The van der Waals surface area contributed by atoms with Crippen molar-refractivity contribution in [2.24, 2.45) is 0 Å². The van der Waals surface area contributed by atoms with Crippen molar-refractivity contribution in [1.29, 1.82) is 0 Å². The van der Waals surface area contributed by atoms with Gasteiger partial charge in [-0.1, -0.05) is 139 Å². The normalized spacial score (nSPS) is 27.0. The maximum absolute atomic E-state index is 2.00. The SMILES string of the molecule is C.C.C.C1CC2CCCC3CCCC(C1)B23.CC.CC.CC. The Morgan fingerprint density at radius 3 is 0.818 bits per heavy atom. The van der Waals surface area contributed by atoms with Crippen LogP contribution in [0, 0.1) is 0 Å². The minimum Gasteiger partial charge on any atom is -0.0776 e. The number of hydrogen-bond donors (Lipinski definition) is 0. The van der Waals surface area contributed by atoms with Gasteiger partial charge in [-0.15, -0.1) is 0 Å². The summed E-state index contributed by atoms with van der Waals surface area (Å²) in [6, 6.07) is 0. The van der Waals surface area contributed by atoms with E-state index in [0.717, 1.165) is 17.5 Å². The van der Waals surface area contributed by atoms with E-state index in [1.807, 2.05) is 41.5 Å². The smallest absolute Gasteiger partial charge is 0.0776 e. The Morgan fingerprint density at radius 1 is 0.455 bits per heavy atom. The van der Waals surface area contributed by atoms with Gasteiger partial charge in [-0.25, -0.2) is 0 Å². The van der Waals surface area contributed by atoms with E-state index in [1.54, 1.807) is 57.8 Å². The van der Waals surface area contributed by atoms with E-state index >= 15 is 0 Å². The zero-order valence-corrected chi connectivity index (χ0v) is 14.7. The van der Waals surface area contributed by atoms with E-state index < -0.39 is 0 Å². The molecule has 22 heavy (non-hydrogen) atoms. The third-order valence-electron chi connectivity index (χ3n) is 5.08. The molecule has 0 nitrogen and oxygen atoms in total. The van der Waals surface area contributed by atoms with Gasteiger partial charge in [0.1, 0.15) is 6.71 Å². The van der Waals surface area contributed by atoms with Crippen molar-refractivity contribution >= 4 is 6.71 Å². The highest BCUT2D eigenvalue weighted by Gasteiger charge is 2.44. The summed E-state index contributed by atoms with van der Waals surface area (Å²) in [5, 5.41) is 0. The first-order chi connectivity index (χ1) is 9.45. The van der Waals surface area contributed by atoms with E-state index in [0.29, 0.717) is 0 Å². The van der Waals surface area contributed by atoms with Crippen LogP contribution in [0.25, 0.3) is 0 Å². The molecule has 3 aliphatic heterocycles. The molecule has 1 heteroatoms. The summed E-state index contributed by atoms with van der Waals surface area (Å²) in [6.45, 7) is 13.2. The molecule has 0 bridgehead atoms. The maximum Gasteiger partial charge on any atom is 0.149 e. The van der Waals surface area contributed by atoms with Gasteiger partial charge in [0.2, 0.25) is 0 Å². The van der Waals surface area contributed by atoms with Crippen molar-refractivity contribution in [2.75, 3.05) is 0 Å². The Labute approximate surface area is 146 Å². The first-order valence-corrected chi connectivity index (χ1v) is 9.45. The van der Waals surface area contributed by atoms with Crippen LogP contribution in [-0.2, 0) is 0 Å². The van der Waals surface area contributed by atoms with E-state index in [4.69, 9.17) is 0 Å². The molecule has 0 aliphatic carbocycles. The molecule has 0 aromatic carbocycles. The molecule has 0 radical (unpaired) electrons. The highest BCUT2D eigenvalue weighted by Crippen LogP contribution is 2.54. The van der Waals surface area contributed by atoms with Gasteiger partial charge in [-0.2, -0.15) is 0 Å². The van der Waals surface area contributed by atoms with Gasteiger partial charge >= 0.3 is 0 Å². The second kappa shape index (κ2) is 19.1. The fourth-order valence-corrected chi connectivity index (χ4v) is 4.67. The zero-order chi connectivity index (χ0) is 14.7. The van der Waals surface area contributed by atoms with Crippen molar-refractivity contribution in [3.8, 4) is 0 Å². The molecule has 0 amide bonds. The van der Waals surface area contributed by atoms with Gasteiger partial charge in [-0.05, 0) is 0 Å². The Hall–Kier alpha value is 0.0649. The summed E-state index contributed by atoms with van der Waals surface area (Å²) < 4.78 is 0. The summed E-state index contributed by atoms with van der Waals surface area (Å²) in [5.74, 6) is 3.49. The quantitative estimate of drug-likeness (QED) is 0.391. The van der Waals surface area contributed by atoms with Gasteiger partial charge in [0.15, 0.2) is 0 Å². The molecule has 138 valence electrons. The van der Waals surface area contributed by atoms with Gasteiger partial charge in [0.25, 0.3) is 0 Å². The summed E-state index contributed by atoms with van der Waals surface area (Å²) in [7, 11) is 0. The zero-order valence-electron chi connectivity index (χ0n) is 14.7. The molecule has 0 unspecified atom stereocenters. The summed E-state index contributed by atoms with van der Waals surface area (Å²) >= 11 is 0. The molecule has 3 saturated heterocycles. The van der Waals surface area contributed by atoms with Crippen LogP contribution in [0.2, 0.25) is 17.5 Å². The summed E-state index contributed by atoms with van der Waals surface area (Å²) in [4.78, 5) is 0.